The van der Waals surface area contributed by atoms with E-state index in [-0.39, 0.29) is 13.2 Å². The third-order valence-electron chi connectivity index (χ3n) is 2.46. The average Bonchev–Trinajstić information content (AvgIpc) is 2.60. The molecule has 2 nitrogen and oxygen atoms in total. The Balaban J connectivity index is 0.000000868. The molecule has 2 rings (SSSR count). The summed E-state index contributed by atoms with van der Waals surface area (Å²) in [6.45, 7) is 8.74. The monoisotopic (exact) mass is 310 g/mol. The smallest absolute Gasteiger partial charge is 0.148 e. The molecule has 23 heavy (non-hydrogen) atoms. The standard InChI is InChI=1S/C16H12O2.C3H8.C2H6/c1-3-11-17-15-9-5-8-14-13(15)7-6-10-16(14)18-12-4-2;1-3-2;1-2/h1-2,5-10H,11-12H2;3H2,1-2H3;1-2H3. The van der Waals surface area contributed by atoms with Crippen molar-refractivity contribution in [1.29, 1.82) is 0 Å². The topological polar surface area (TPSA) is 18.5 Å². The lowest BCUT2D eigenvalue weighted by Crippen LogP contribution is -1.96. The molecular weight excluding hydrogens is 284 g/mol. The fourth-order valence-electron chi connectivity index (χ4n) is 1.74. The van der Waals surface area contributed by atoms with Crippen molar-refractivity contribution < 1.29 is 9.47 Å². The van der Waals surface area contributed by atoms with Crippen LogP contribution in [0.5, 0.6) is 11.5 Å². The number of ether oxygens (including phenoxy) is 2. The van der Waals surface area contributed by atoms with Crippen molar-refractivity contribution in [2.24, 2.45) is 0 Å². The summed E-state index contributed by atoms with van der Waals surface area (Å²) in [5.74, 6) is 6.39. The minimum absolute atomic E-state index is 0.245. The fraction of sp³-hybridized carbons (Fsp3) is 0.333. The fourth-order valence-corrected chi connectivity index (χ4v) is 1.74. The third-order valence-corrected chi connectivity index (χ3v) is 2.46. The molecule has 0 radical (unpaired) electrons. The second-order valence-corrected chi connectivity index (χ2v) is 4.30. The molecule has 0 amide bonds. The van der Waals surface area contributed by atoms with Crippen LogP contribution in [0.15, 0.2) is 36.4 Å². The van der Waals surface area contributed by atoms with Gasteiger partial charge in [0.2, 0.25) is 0 Å². The zero-order valence-corrected chi connectivity index (χ0v) is 14.6. The van der Waals surface area contributed by atoms with Crippen LogP contribution in [0.2, 0.25) is 0 Å². The molecule has 0 bridgehead atoms. The highest BCUT2D eigenvalue weighted by Crippen LogP contribution is 2.32. The van der Waals surface area contributed by atoms with Gasteiger partial charge in [0.15, 0.2) is 0 Å². The van der Waals surface area contributed by atoms with Crippen molar-refractivity contribution in [2.75, 3.05) is 13.2 Å². The first-order valence-electron chi connectivity index (χ1n) is 7.92. The normalized spacial score (nSPS) is 8.43. The number of hydrogen-bond acceptors (Lipinski definition) is 2. The first-order valence-corrected chi connectivity index (χ1v) is 7.92. The molecule has 2 heteroatoms. The van der Waals surface area contributed by atoms with Gasteiger partial charge in [-0.1, -0.05) is 70.2 Å². The van der Waals surface area contributed by atoms with E-state index in [0.29, 0.717) is 0 Å². The van der Waals surface area contributed by atoms with E-state index in [2.05, 4.69) is 25.7 Å². The van der Waals surface area contributed by atoms with Crippen molar-refractivity contribution in [2.45, 2.75) is 34.1 Å². The molecule has 2 aromatic carbocycles. The van der Waals surface area contributed by atoms with Crippen LogP contribution in [-0.2, 0) is 0 Å². The number of terminal acetylenes is 2. The van der Waals surface area contributed by atoms with Crippen LogP contribution in [0.1, 0.15) is 34.1 Å². The summed E-state index contributed by atoms with van der Waals surface area (Å²) in [6, 6.07) is 11.5. The van der Waals surface area contributed by atoms with Crippen LogP contribution >= 0.6 is 0 Å². The van der Waals surface area contributed by atoms with Crippen LogP contribution in [0.25, 0.3) is 10.8 Å². The van der Waals surface area contributed by atoms with E-state index < -0.39 is 0 Å². The maximum absolute atomic E-state index is 5.50. The van der Waals surface area contributed by atoms with Crippen LogP contribution in [0, 0.1) is 24.7 Å². The van der Waals surface area contributed by atoms with E-state index >= 15 is 0 Å². The summed E-state index contributed by atoms with van der Waals surface area (Å²) in [6.07, 6.45) is 11.6. The highest BCUT2D eigenvalue weighted by molar-refractivity contribution is 5.93. The van der Waals surface area contributed by atoms with Gasteiger partial charge in [0.1, 0.15) is 24.7 Å². The van der Waals surface area contributed by atoms with Crippen LogP contribution in [0.3, 0.4) is 0 Å². The van der Waals surface area contributed by atoms with Gasteiger partial charge in [-0.25, -0.2) is 0 Å². The molecule has 0 unspecified atom stereocenters. The van der Waals surface area contributed by atoms with Crippen molar-refractivity contribution in [3.8, 4) is 36.2 Å². The number of benzene rings is 2. The number of fused-ring (bicyclic) bond motifs is 1. The second-order valence-electron chi connectivity index (χ2n) is 4.30. The van der Waals surface area contributed by atoms with Gasteiger partial charge < -0.3 is 9.47 Å². The zero-order valence-electron chi connectivity index (χ0n) is 14.6. The molecule has 0 spiro atoms. The molecule has 0 N–H and O–H groups in total. The molecule has 0 aliphatic carbocycles. The van der Waals surface area contributed by atoms with E-state index in [0.717, 1.165) is 22.3 Å². The molecule has 0 saturated carbocycles. The molecule has 122 valence electrons. The first kappa shape index (κ1) is 20.4. The Bertz CT molecular complexity index is 588. The lowest BCUT2D eigenvalue weighted by atomic mass is 10.1. The van der Waals surface area contributed by atoms with E-state index in [9.17, 15) is 0 Å². The zero-order chi connectivity index (χ0) is 17.5. The van der Waals surface area contributed by atoms with E-state index in [1.807, 2.05) is 50.2 Å². The molecule has 0 heterocycles. The van der Waals surface area contributed by atoms with Gasteiger partial charge in [0.05, 0.1) is 0 Å². The minimum atomic E-state index is 0.245. The van der Waals surface area contributed by atoms with E-state index in [1.54, 1.807) is 0 Å². The minimum Gasteiger partial charge on any atom is -0.480 e. The van der Waals surface area contributed by atoms with Gasteiger partial charge in [-0.3, -0.25) is 0 Å². The number of hydrogen-bond donors (Lipinski definition) is 0. The highest BCUT2D eigenvalue weighted by Gasteiger charge is 2.05. The van der Waals surface area contributed by atoms with E-state index in [4.69, 9.17) is 22.3 Å². The summed E-state index contributed by atoms with van der Waals surface area (Å²) in [5.41, 5.74) is 0. The molecule has 0 aromatic heterocycles. The SMILES string of the molecule is C#CCOc1cccc2c(OCC#C)cccc12.CC.CCC. The Morgan fingerprint density at radius 2 is 1.13 bits per heavy atom. The summed E-state index contributed by atoms with van der Waals surface area (Å²) in [5, 5.41) is 1.92. The second kappa shape index (κ2) is 13.1. The quantitative estimate of drug-likeness (QED) is 0.713. The maximum Gasteiger partial charge on any atom is 0.148 e. The Morgan fingerprint density at radius 3 is 1.43 bits per heavy atom. The van der Waals surface area contributed by atoms with Crippen LogP contribution < -0.4 is 9.47 Å². The average molecular weight is 310 g/mol. The van der Waals surface area contributed by atoms with Gasteiger partial charge in [-0.15, -0.1) is 12.8 Å². The lowest BCUT2D eigenvalue weighted by Gasteiger charge is -2.10. The molecule has 0 aliphatic heterocycles. The molecule has 2 aromatic rings. The van der Waals surface area contributed by atoms with E-state index in [1.165, 1.54) is 6.42 Å². The van der Waals surface area contributed by atoms with Crippen LogP contribution in [-0.4, -0.2) is 13.2 Å². The summed E-state index contributed by atoms with van der Waals surface area (Å²) < 4.78 is 11.0. The molecule has 0 saturated heterocycles. The number of rotatable bonds is 4. The van der Waals surface area contributed by atoms with Crippen molar-refractivity contribution >= 4 is 10.8 Å². The summed E-state index contributed by atoms with van der Waals surface area (Å²) in [4.78, 5) is 0. The van der Waals surface area contributed by atoms with Crippen molar-refractivity contribution in [3.05, 3.63) is 36.4 Å². The summed E-state index contributed by atoms with van der Waals surface area (Å²) >= 11 is 0. The summed E-state index contributed by atoms with van der Waals surface area (Å²) in [7, 11) is 0. The Kier molecular flexibility index (Phi) is 11.6. The Labute approximate surface area is 140 Å². The predicted molar refractivity (Wildman–Crippen MR) is 99.9 cm³/mol. The first-order chi connectivity index (χ1) is 11.3. The largest absolute Gasteiger partial charge is 0.480 e. The Hall–Kier alpha value is -2.58. The molecule has 0 aliphatic rings. The highest BCUT2D eigenvalue weighted by atomic mass is 16.5. The lowest BCUT2D eigenvalue weighted by molar-refractivity contribution is 0.371. The molecule has 0 atom stereocenters. The Morgan fingerprint density at radius 1 is 0.783 bits per heavy atom. The molecule has 0 fully saturated rings. The van der Waals surface area contributed by atoms with Crippen molar-refractivity contribution in [1.82, 2.24) is 0 Å². The van der Waals surface area contributed by atoms with Gasteiger partial charge in [-0.2, -0.15) is 0 Å². The van der Waals surface area contributed by atoms with Gasteiger partial charge >= 0.3 is 0 Å². The van der Waals surface area contributed by atoms with Gasteiger partial charge in [0, 0.05) is 10.8 Å². The van der Waals surface area contributed by atoms with Gasteiger partial charge in [0.25, 0.3) is 0 Å². The van der Waals surface area contributed by atoms with Crippen molar-refractivity contribution in [3.63, 3.8) is 0 Å². The maximum atomic E-state index is 5.50. The van der Waals surface area contributed by atoms with Crippen LogP contribution in [0.4, 0.5) is 0 Å². The van der Waals surface area contributed by atoms with Gasteiger partial charge in [-0.05, 0) is 12.1 Å². The third kappa shape index (κ3) is 6.81. The predicted octanol–water partition coefficient (Wildman–Crippen LogP) is 5.31. The molecular formula is C21H26O2.